The summed E-state index contributed by atoms with van der Waals surface area (Å²) in [6.07, 6.45) is 18.7. The lowest BCUT2D eigenvalue weighted by Gasteiger charge is -2.09. The third-order valence-electron chi connectivity index (χ3n) is 8.27. The molecule has 4 fully saturated rings. The summed E-state index contributed by atoms with van der Waals surface area (Å²) in [6, 6.07) is 24.0. The van der Waals surface area contributed by atoms with E-state index >= 15 is 0 Å². The fourth-order valence-corrected chi connectivity index (χ4v) is 4.54. The normalized spacial score (nSPS) is 16.0. The number of methoxy groups -OCH3 is 2. The predicted molar refractivity (Wildman–Crippen MR) is 274 cm³/mol. The first-order valence-corrected chi connectivity index (χ1v) is 24.1. The lowest BCUT2D eigenvalue weighted by Crippen LogP contribution is -2.22. The van der Waals surface area contributed by atoms with Gasteiger partial charge in [0.25, 0.3) is 5.97 Å². The Hall–Kier alpha value is -3.02. The fraction of sp³-hybridized carbons (Fsp3) is 0.736. The summed E-state index contributed by atoms with van der Waals surface area (Å²) in [6.45, 7) is 19.1. The van der Waals surface area contributed by atoms with Gasteiger partial charge in [-0.2, -0.15) is 0 Å². The molecule has 2 aliphatic heterocycles. The van der Waals surface area contributed by atoms with Crippen LogP contribution < -0.4 is 0 Å². The van der Waals surface area contributed by atoms with Crippen molar-refractivity contribution in [2.45, 2.75) is 164 Å². The van der Waals surface area contributed by atoms with Crippen LogP contribution in [0.25, 0.3) is 0 Å². The second-order valence-electron chi connectivity index (χ2n) is 14.5. The Bertz CT molecular complexity index is 959. The highest BCUT2D eigenvalue weighted by atomic mass is 16.6. The summed E-state index contributed by atoms with van der Waals surface area (Å²) in [4.78, 5) is 19.2. The Balaban J connectivity index is -0.000000155. The van der Waals surface area contributed by atoms with Crippen LogP contribution in [0.2, 0.25) is 0 Å². The highest BCUT2D eigenvalue weighted by molar-refractivity contribution is 5.65. The summed E-state index contributed by atoms with van der Waals surface area (Å²) in [7, 11) is 4.26. The zero-order chi connectivity index (χ0) is 50.6. The molecule has 0 radical (unpaired) electrons. The Morgan fingerprint density at radius 3 is 0.940 bits per heavy atom. The zero-order valence-electron chi connectivity index (χ0n) is 43.1. The number of carbonyl (C=O) groups excluding carboxylic acids is 1. The summed E-state index contributed by atoms with van der Waals surface area (Å²) >= 11 is 0. The molecule has 4 atom stereocenters. The van der Waals surface area contributed by atoms with Gasteiger partial charge in [0.2, 0.25) is 0 Å². The van der Waals surface area contributed by atoms with Crippen molar-refractivity contribution in [3.63, 3.8) is 0 Å². The van der Waals surface area contributed by atoms with Gasteiger partial charge in [-0.05, 0) is 34.1 Å². The van der Waals surface area contributed by atoms with Crippen LogP contribution in [-0.2, 0) is 47.5 Å². The molecule has 0 amide bonds. The maximum Gasteiger partial charge on any atom is 0.302 e. The Kier molecular flexibility index (Phi) is 78.4. The van der Waals surface area contributed by atoms with Crippen molar-refractivity contribution in [2.75, 3.05) is 94.0 Å². The molecule has 2 saturated heterocycles. The third-order valence-corrected chi connectivity index (χ3v) is 8.27. The van der Waals surface area contributed by atoms with E-state index in [1.807, 2.05) is 107 Å². The minimum Gasteiger partial charge on any atom is -0.481 e. The van der Waals surface area contributed by atoms with Gasteiger partial charge in [0.1, 0.15) is 24.9 Å². The molecule has 67 heavy (non-hydrogen) atoms. The first-order valence-electron chi connectivity index (χ1n) is 24.1. The molecule has 4 N–H and O–H groups in total. The van der Waals surface area contributed by atoms with Crippen molar-refractivity contribution in [1.29, 1.82) is 0 Å². The van der Waals surface area contributed by atoms with Gasteiger partial charge >= 0.3 is 5.97 Å². The van der Waals surface area contributed by atoms with Crippen LogP contribution in [-0.4, -0.2) is 151 Å². The van der Waals surface area contributed by atoms with E-state index in [1.165, 1.54) is 84.0 Å². The molecule has 398 valence electrons. The molecule has 2 aromatic rings. The largest absolute Gasteiger partial charge is 0.481 e. The fourth-order valence-electron chi connectivity index (χ4n) is 4.54. The Morgan fingerprint density at radius 1 is 0.507 bits per heavy atom. The van der Waals surface area contributed by atoms with Gasteiger partial charge in [0.15, 0.2) is 0 Å². The van der Waals surface area contributed by atoms with Gasteiger partial charge in [0, 0.05) is 61.6 Å². The average molecular weight is 963 g/mol. The number of carbonyl (C=O) groups is 2. The lowest BCUT2D eigenvalue weighted by atomic mass is 10.0. The molecule has 0 bridgehead atoms. The number of ether oxygens (including phenoxy) is 8. The van der Waals surface area contributed by atoms with Gasteiger partial charge < -0.3 is 58.3 Å². The van der Waals surface area contributed by atoms with Crippen molar-refractivity contribution in [2.24, 2.45) is 0 Å². The van der Waals surface area contributed by atoms with Gasteiger partial charge in [-0.1, -0.05) is 164 Å². The number of rotatable bonds is 15. The molecular formula is C53H102O14. The maximum absolute atomic E-state index is 10.2. The SMILES string of the molecule is C.C1CCCCC1.C1CCCCC1.CC(=O)O.CCC(O)COC.CCOC.CCOCC(O)COC(C)=O.CCOCC1CO1.CCOCC1CO1.CO.c1ccccc1.c1ccccc1. The van der Waals surface area contributed by atoms with Gasteiger partial charge in [-0.25, -0.2) is 0 Å². The standard InChI is InChI=1S/C7H14O4.2C6H12.2C6H6.2C5H10O2.C5H12O2.C3H8O.C2H4O2.CH4O.CH4/c1-3-10-4-7(9)5-11-6(2)8;4*1-2-4-6-5-3-1;2*1-2-6-3-5-4-7-5;1-3-5(6)4-7-2;1-3-4-2;1-2(3)4;1-2;/h7,9H,3-5H2,1-2H3;2*1-6H2;2*1-6H;2*5H,2-4H2,1H3;5-6H,3-4H2,1-2H3;3H2,1-2H3;1H3,(H,3,4);2H,1H3;1H4. The molecule has 2 heterocycles. The number of aliphatic hydroxyl groups is 3. The topological polar surface area (TPSA) is 196 Å². The van der Waals surface area contributed by atoms with Crippen LogP contribution in [0.5, 0.6) is 0 Å². The number of esters is 1. The van der Waals surface area contributed by atoms with Crippen LogP contribution in [0, 0.1) is 0 Å². The van der Waals surface area contributed by atoms with Crippen molar-refractivity contribution < 1.29 is 67.9 Å². The number of epoxide rings is 2. The van der Waals surface area contributed by atoms with Crippen LogP contribution in [0.15, 0.2) is 72.8 Å². The molecular weight excluding hydrogens is 861 g/mol. The van der Waals surface area contributed by atoms with E-state index in [0.29, 0.717) is 25.4 Å². The van der Waals surface area contributed by atoms with E-state index in [0.717, 1.165) is 66.7 Å². The molecule has 4 aliphatic rings. The molecule has 6 rings (SSSR count). The molecule has 14 heteroatoms. The minimum absolute atomic E-state index is 0. The lowest BCUT2D eigenvalue weighted by molar-refractivity contribution is -0.145. The van der Waals surface area contributed by atoms with Gasteiger partial charge in [-0.15, -0.1) is 0 Å². The van der Waals surface area contributed by atoms with Crippen molar-refractivity contribution in [3.05, 3.63) is 72.8 Å². The molecule has 2 aliphatic carbocycles. The van der Waals surface area contributed by atoms with Gasteiger partial charge in [-0.3, -0.25) is 9.59 Å². The Morgan fingerprint density at radius 2 is 0.776 bits per heavy atom. The summed E-state index contributed by atoms with van der Waals surface area (Å²) < 4.78 is 38.4. The zero-order valence-corrected chi connectivity index (χ0v) is 43.1. The van der Waals surface area contributed by atoms with E-state index in [2.05, 4.69) is 14.2 Å². The molecule has 4 unspecified atom stereocenters. The monoisotopic (exact) mass is 963 g/mol. The predicted octanol–water partition coefficient (Wildman–Crippen LogP) is 10.2. The summed E-state index contributed by atoms with van der Waals surface area (Å²) in [5.41, 5.74) is 0. The van der Waals surface area contributed by atoms with Crippen LogP contribution in [0.1, 0.15) is 139 Å². The van der Waals surface area contributed by atoms with E-state index in [-0.39, 0.29) is 32.7 Å². The van der Waals surface area contributed by atoms with E-state index in [4.69, 9.17) is 48.9 Å². The van der Waals surface area contributed by atoms with Crippen molar-refractivity contribution in [3.8, 4) is 0 Å². The smallest absolute Gasteiger partial charge is 0.302 e. The number of hydrogen-bond acceptors (Lipinski definition) is 13. The number of aliphatic hydroxyl groups excluding tert-OH is 3. The number of carboxylic acids is 1. The van der Waals surface area contributed by atoms with Crippen LogP contribution in [0.4, 0.5) is 0 Å². The number of benzene rings is 2. The molecule has 14 nitrogen and oxygen atoms in total. The minimum atomic E-state index is -0.833. The van der Waals surface area contributed by atoms with Gasteiger partial charge in [0.05, 0.1) is 45.7 Å². The first kappa shape index (κ1) is 75.5. The molecule has 2 aromatic carbocycles. The molecule has 0 spiro atoms. The highest BCUT2D eigenvalue weighted by Crippen LogP contribution is 2.16. The van der Waals surface area contributed by atoms with Crippen LogP contribution in [0.3, 0.4) is 0 Å². The van der Waals surface area contributed by atoms with E-state index in [1.54, 1.807) is 14.2 Å². The third kappa shape index (κ3) is 93.8. The van der Waals surface area contributed by atoms with E-state index < -0.39 is 12.1 Å². The molecule has 2 saturated carbocycles. The van der Waals surface area contributed by atoms with E-state index in [9.17, 15) is 4.79 Å². The molecule has 0 aromatic heterocycles. The number of carboxylic acid groups (broad SMARTS) is 1. The maximum atomic E-state index is 10.2. The quantitative estimate of drug-likeness (QED) is 0.0972. The Labute approximate surface area is 409 Å². The first-order chi connectivity index (χ1) is 32.0. The summed E-state index contributed by atoms with van der Waals surface area (Å²) in [5, 5.41) is 32.2. The summed E-state index contributed by atoms with van der Waals surface area (Å²) in [5.74, 6) is -1.22. The highest BCUT2D eigenvalue weighted by Gasteiger charge is 2.22. The number of aliphatic carboxylic acids is 1. The number of hydrogen-bond donors (Lipinski definition) is 4. The second-order valence-corrected chi connectivity index (χ2v) is 14.5. The van der Waals surface area contributed by atoms with Crippen molar-refractivity contribution in [1.82, 2.24) is 0 Å². The average Bonchev–Trinajstić information content (AvgIpc) is 4.33. The second kappa shape index (κ2) is 69.5. The van der Waals surface area contributed by atoms with Crippen molar-refractivity contribution >= 4 is 11.9 Å². The van der Waals surface area contributed by atoms with Crippen LogP contribution >= 0.6 is 0 Å².